The molecule has 0 spiro atoms. The third-order valence-corrected chi connectivity index (χ3v) is 4.91. The molecule has 128 valence electrons. The summed E-state index contributed by atoms with van der Waals surface area (Å²) in [7, 11) is 1.65. The summed E-state index contributed by atoms with van der Waals surface area (Å²) in [5.41, 5.74) is 2.03. The average Bonchev–Trinajstić information content (AvgIpc) is 2.48. The Morgan fingerprint density at radius 2 is 2.17 bits per heavy atom. The highest BCUT2D eigenvalue weighted by molar-refractivity contribution is 5.80. The standard InChI is InChI=1S/C19H29NO3/c1-6-7-8-16(18(21)22)20-17-11-14(23-5)9-10-15(17)13(2)12-19(20,3)4/h9-11,13,16H,6-8,12H2,1-5H3,(H,21,22)/t13-,16-/m1/s1. The summed E-state index contributed by atoms with van der Waals surface area (Å²) in [6, 6.07) is 5.55. The zero-order valence-electron chi connectivity index (χ0n) is 14.9. The van der Waals surface area contributed by atoms with Crippen LogP contribution in [0.25, 0.3) is 0 Å². The molecule has 1 aliphatic heterocycles. The molecular formula is C19H29NO3. The molecule has 0 aliphatic carbocycles. The first kappa shape index (κ1) is 17.6. The number of aliphatic carboxylic acids is 1. The third-order valence-electron chi connectivity index (χ3n) is 4.91. The van der Waals surface area contributed by atoms with Gasteiger partial charge in [0.05, 0.1) is 7.11 Å². The van der Waals surface area contributed by atoms with Crippen molar-refractivity contribution in [3.63, 3.8) is 0 Å². The van der Waals surface area contributed by atoms with Crippen LogP contribution in [0.4, 0.5) is 5.69 Å². The fourth-order valence-electron chi connectivity index (χ4n) is 3.91. The number of benzene rings is 1. The number of methoxy groups -OCH3 is 1. The molecule has 2 rings (SSSR count). The molecule has 0 amide bonds. The lowest BCUT2D eigenvalue weighted by Gasteiger charge is -2.50. The van der Waals surface area contributed by atoms with Gasteiger partial charge in [-0.3, -0.25) is 0 Å². The molecule has 0 bridgehead atoms. The molecule has 1 aliphatic rings. The molecule has 4 nitrogen and oxygen atoms in total. The minimum absolute atomic E-state index is 0.199. The molecule has 0 radical (unpaired) electrons. The first-order valence-electron chi connectivity index (χ1n) is 8.52. The molecule has 0 fully saturated rings. The number of unbranched alkanes of at least 4 members (excludes halogenated alkanes) is 1. The van der Waals surface area contributed by atoms with Crippen LogP contribution in [0.5, 0.6) is 5.75 Å². The molecule has 0 aromatic heterocycles. The number of hydrogen-bond donors (Lipinski definition) is 1. The Kier molecular flexibility index (Phi) is 5.23. The number of rotatable bonds is 6. The molecule has 0 unspecified atom stereocenters. The Balaban J connectivity index is 2.54. The Hall–Kier alpha value is -1.71. The summed E-state index contributed by atoms with van der Waals surface area (Å²) in [6.07, 6.45) is 3.53. The van der Waals surface area contributed by atoms with Gasteiger partial charge in [-0.05, 0) is 44.2 Å². The Morgan fingerprint density at radius 3 is 2.74 bits per heavy atom. The topological polar surface area (TPSA) is 49.8 Å². The highest BCUT2D eigenvalue weighted by Gasteiger charge is 2.42. The van der Waals surface area contributed by atoms with E-state index in [1.807, 2.05) is 12.1 Å². The van der Waals surface area contributed by atoms with E-state index in [0.717, 1.165) is 30.7 Å². The predicted molar refractivity (Wildman–Crippen MR) is 93.5 cm³/mol. The number of anilines is 1. The van der Waals surface area contributed by atoms with Gasteiger partial charge in [-0.15, -0.1) is 0 Å². The monoisotopic (exact) mass is 319 g/mol. The molecule has 1 aromatic rings. The van der Waals surface area contributed by atoms with Gasteiger partial charge in [0.2, 0.25) is 0 Å². The molecule has 2 atom stereocenters. The summed E-state index contributed by atoms with van der Waals surface area (Å²) in [5.74, 6) is 0.441. The van der Waals surface area contributed by atoms with E-state index < -0.39 is 12.0 Å². The molecule has 1 N–H and O–H groups in total. The molecule has 4 heteroatoms. The van der Waals surface area contributed by atoms with E-state index in [4.69, 9.17) is 4.74 Å². The number of carboxylic acid groups (broad SMARTS) is 1. The van der Waals surface area contributed by atoms with Crippen molar-refractivity contribution in [2.75, 3.05) is 12.0 Å². The van der Waals surface area contributed by atoms with Crippen molar-refractivity contribution in [2.45, 2.75) is 70.9 Å². The van der Waals surface area contributed by atoms with Crippen LogP contribution in [-0.2, 0) is 4.79 Å². The lowest BCUT2D eigenvalue weighted by Crippen LogP contribution is -2.56. The summed E-state index contributed by atoms with van der Waals surface area (Å²) in [5, 5.41) is 9.83. The van der Waals surface area contributed by atoms with Crippen molar-refractivity contribution < 1.29 is 14.6 Å². The van der Waals surface area contributed by atoms with Gasteiger partial charge >= 0.3 is 5.97 Å². The minimum atomic E-state index is -0.741. The first-order valence-corrected chi connectivity index (χ1v) is 8.52. The molecule has 0 saturated heterocycles. The largest absolute Gasteiger partial charge is 0.497 e. The van der Waals surface area contributed by atoms with Gasteiger partial charge in [-0.2, -0.15) is 0 Å². The number of hydrogen-bond acceptors (Lipinski definition) is 3. The second-order valence-electron chi connectivity index (χ2n) is 7.21. The molecular weight excluding hydrogens is 290 g/mol. The quantitative estimate of drug-likeness (QED) is 0.842. The van der Waals surface area contributed by atoms with Gasteiger partial charge in [0.1, 0.15) is 11.8 Å². The van der Waals surface area contributed by atoms with Crippen molar-refractivity contribution in [3.8, 4) is 5.75 Å². The van der Waals surface area contributed by atoms with Crippen LogP contribution >= 0.6 is 0 Å². The number of carboxylic acids is 1. The van der Waals surface area contributed by atoms with Gasteiger partial charge < -0.3 is 14.7 Å². The van der Waals surface area contributed by atoms with Crippen LogP contribution in [0, 0.1) is 0 Å². The van der Waals surface area contributed by atoms with E-state index in [-0.39, 0.29) is 5.54 Å². The smallest absolute Gasteiger partial charge is 0.326 e. The Morgan fingerprint density at radius 1 is 1.48 bits per heavy atom. The number of nitrogens with zero attached hydrogens (tertiary/aromatic N) is 1. The van der Waals surface area contributed by atoms with Gasteiger partial charge in [0, 0.05) is 17.3 Å². The van der Waals surface area contributed by atoms with Crippen LogP contribution in [0.3, 0.4) is 0 Å². The summed E-state index contributed by atoms with van der Waals surface area (Å²) in [4.78, 5) is 14.1. The zero-order valence-corrected chi connectivity index (χ0v) is 14.9. The van der Waals surface area contributed by atoms with Gasteiger partial charge in [-0.25, -0.2) is 4.79 Å². The van der Waals surface area contributed by atoms with E-state index in [9.17, 15) is 9.90 Å². The van der Waals surface area contributed by atoms with Crippen molar-refractivity contribution in [1.82, 2.24) is 0 Å². The summed E-state index contributed by atoms with van der Waals surface area (Å²) < 4.78 is 5.38. The van der Waals surface area contributed by atoms with Gasteiger partial charge in [-0.1, -0.05) is 32.8 Å². The molecule has 1 aromatic carbocycles. The van der Waals surface area contributed by atoms with Crippen molar-refractivity contribution in [3.05, 3.63) is 23.8 Å². The second kappa shape index (κ2) is 6.81. The Labute approximate surface area is 139 Å². The van der Waals surface area contributed by atoms with Gasteiger partial charge in [0.25, 0.3) is 0 Å². The minimum Gasteiger partial charge on any atom is -0.497 e. The maximum atomic E-state index is 12.0. The highest BCUT2D eigenvalue weighted by atomic mass is 16.5. The molecule has 0 saturated carbocycles. The average molecular weight is 319 g/mol. The summed E-state index contributed by atoms with van der Waals surface area (Å²) >= 11 is 0. The lowest BCUT2D eigenvalue weighted by atomic mass is 9.78. The fraction of sp³-hybridized carbons (Fsp3) is 0.632. The maximum absolute atomic E-state index is 12.0. The van der Waals surface area contributed by atoms with Crippen LogP contribution < -0.4 is 9.64 Å². The number of ether oxygens (including phenoxy) is 1. The maximum Gasteiger partial charge on any atom is 0.326 e. The number of fused-ring (bicyclic) bond motifs is 1. The van der Waals surface area contributed by atoms with Crippen molar-refractivity contribution in [1.29, 1.82) is 0 Å². The van der Waals surface area contributed by atoms with Crippen molar-refractivity contribution >= 4 is 11.7 Å². The van der Waals surface area contributed by atoms with E-state index >= 15 is 0 Å². The van der Waals surface area contributed by atoms with Crippen LogP contribution in [0.15, 0.2) is 18.2 Å². The first-order chi connectivity index (χ1) is 10.8. The second-order valence-corrected chi connectivity index (χ2v) is 7.21. The van der Waals surface area contributed by atoms with E-state index in [1.54, 1.807) is 7.11 Å². The number of carbonyl (C=O) groups is 1. The van der Waals surface area contributed by atoms with Crippen molar-refractivity contribution in [2.24, 2.45) is 0 Å². The highest BCUT2D eigenvalue weighted by Crippen LogP contribution is 2.46. The lowest BCUT2D eigenvalue weighted by molar-refractivity contribution is -0.139. The van der Waals surface area contributed by atoms with E-state index in [1.165, 1.54) is 5.56 Å². The van der Waals surface area contributed by atoms with Crippen LogP contribution in [-0.4, -0.2) is 29.8 Å². The predicted octanol–water partition coefficient (Wildman–Crippen LogP) is 4.43. The Bertz CT molecular complexity index is 568. The molecule has 1 heterocycles. The zero-order chi connectivity index (χ0) is 17.2. The SMILES string of the molecule is CCCC[C@H](C(=O)O)N1c2cc(OC)ccc2[C@H](C)CC1(C)C. The van der Waals surface area contributed by atoms with Crippen LogP contribution in [0.1, 0.15) is 64.9 Å². The third kappa shape index (κ3) is 3.46. The van der Waals surface area contributed by atoms with Gasteiger partial charge in [0.15, 0.2) is 0 Å². The normalized spacial score (nSPS) is 20.7. The van der Waals surface area contributed by atoms with E-state index in [0.29, 0.717) is 12.3 Å². The van der Waals surface area contributed by atoms with E-state index in [2.05, 4.69) is 38.7 Å². The summed E-state index contributed by atoms with van der Waals surface area (Å²) in [6.45, 7) is 8.60. The van der Waals surface area contributed by atoms with Crippen LogP contribution in [0.2, 0.25) is 0 Å². The fourth-order valence-corrected chi connectivity index (χ4v) is 3.91. The molecule has 23 heavy (non-hydrogen) atoms.